The minimum Gasteiger partial charge on any atom is -0.396 e. The topological polar surface area (TPSA) is 56.7 Å². The van der Waals surface area contributed by atoms with Gasteiger partial charge in [-0.15, -0.1) is 11.3 Å². The first-order valence-electron chi connectivity index (χ1n) is 3.88. The van der Waals surface area contributed by atoms with E-state index in [1.165, 1.54) is 0 Å². The molecule has 0 fully saturated rings. The van der Waals surface area contributed by atoms with Gasteiger partial charge in [0, 0.05) is 7.05 Å². The number of anilines is 1. The normalized spacial score (nSPS) is 10.6. The Morgan fingerprint density at radius 2 is 2.31 bits per heavy atom. The smallest absolute Gasteiger partial charge is 0.103 e. The van der Waals surface area contributed by atoms with E-state index in [0.29, 0.717) is 5.69 Å². The Labute approximate surface area is 80.0 Å². The monoisotopic (exact) mass is 194 g/mol. The summed E-state index contributed by atoms with van der Waals surface area (Å²) in [6, 6.07) is 0. The molecule has 5 heteroatoms. The summed E-state index contributed by atoms with van der Waals surface area (Å²) in [5, 5.41) is 4.08. The number of nitrogens with two attached hydrogens (primary N) is 1. The van der Waals surface area contributed by atoms with Crippen molar-refractivity contribution in [2.75, 3.05) is 5.73 Å². The number of thiazole rings is 1. The van der Waals surface area contributed by atoms with Crippen LogP contribution in [0.15, 0.2) is 11.7 Å². The molecule has 0 unspecified atom stereocenters. The SMILES string of the molecule is Cc1ncsc1-c1c(N)cnn1C. The molecule has 0 spiro atoms. The van der Waals surface area contributed by atoms with E-state index in [4.69, 9.17) is 5.73 Å². The van der Waals surface area contributed by atoms with Crippen molar-refractivity contribution in [2.45, 2.75) is 6.92 Å². The number of nitrogens with zero attached hydrogens (tertiary/aromatic N) is 3. The van der Waals surface area contributed by atoms with Gasteiger partial charge in [-0.3, -0.25) is 4.68 Å². The lowest BCUT2D eigenvalue weighted by atomic mass is 10.3. The van der Waals surface area contributed by atoms with Crippen molar-refractivity contribution in [1.29, 1.82) is 0 Å². The zero-order chi connectivity index (χ0) is 9.42. The fraction of sp³-hybridized carbons (Fsp3) is 0.250. The molecular formula is C8H10N4S. The minimum absolute atomic E-state index is 0.704. The Kier molecular flexibility index (Phi) is 1.81. The molecule has 68 valence electrons. The van der Waals surface area contributed by atoms with E-state index in [-0.39, 0.29) is 0 Å². The number of hydrogen-bond donors (Lipinski definition) is 1. The number of hydrogen-bond acceptors (Lipinski definition) is 4. The Balaban J connectivity index is 2.64. The Morgan fingerprint density at radius 3 is 2.77 bits per heavy atom. The van der Waals surface area contributed by atoms with E-state index >= 15 is 0 Å². The molecule has 2 aromatic heterocycles. The van der Waals surface area contributed by atoms with E-state index in [1.807, 2.05) is 19.5 Å². The lowest BCUT2D eigenvalue weighted by molar-refractivity contribution is 0.776. The summed E-state index contributed by atoms with van der Waals surface area (Å²) in [6.07, 6.45) is 1.66. The van der Waals surface area contributed by atoms with Crippen LogP contribution in [0.4, 0.5) is 5.69 Å². The van der Waals surface area contributed by atoms with Crippen molar-refractivity contribution in [2.24, 2.45) is 7.05 Å². The summed E-state index contributed by atoms with van der Waals surface area (Å²) < 4.78 is 1.77. The van der Waals surface area contributed by atoms with Crippen LogP contribution < -0.4 is 5.73 Å². The molecule has 0 aliphatic rings. The number of rotatable bonds is 1. The lowest BCUT2D eigenvalue weighted by Crippen LogP contribution is -1.95. The van der Waals surface area contributed by atoms with Crippen LogP contribution in [0.2, 0.25) is 0 Å². The number of aromatic nitrogens is 3. The molecule has 0 aliphatic carbocycles. The number of nitrogen functional groups attached to an aromatic ring is 1. The van der Waals surface area contributed by atoms with Crippen LogP contribution in [0.3, 0.4) is 0 Å². The van der Waals surface area contributed by atoms with Crippen molar-refractivity contribution in [1.82, 2.24) is 14.8 Å². The van der Waals surface area contributed by atoms with E-state index in [2.05, 4.69) is 10.1 Å². The molecule has 0 atom stereocenters. The van der Waals surface area contributed by atoms with Crippen molar-refractivity contribution >= 4 is 17.0 Å². The highest BCUT2D eigenvalue weighted by Crippen LogP contribution is 2.30. The second-order valence-corrected chi connectivity index (χ2v) is 3.69. The van der Waals surface area contributed by atoms with Crippen LogP contribution in [0.25, 0.3) is 10.6 Å². The van der Waals surface area contributed by atoms with Gasteiger partial charge in [0.1, 0.15) is 5.69 Å². The maximum absolute atomic E-state index is 5.80. The molecule has 0 radical (unpaired) electrons. The molecule has 0 amide bonds. The van der Waals surface area contributed by atoms with Gasteiger partial charge in [0.05, 0.1) is 28.0 Å². The van der Waals surface area contributed by atoms with E-state index in [0.717, 1.165) is 16.3 Å². The molecule has 13 heavy (non-hydrogen) atoms. The zero-order valence-corrected chi connectivity index (χ0v) is 8.30. The summed E-state index contributed by atoms with van der Waals surface area (Å²) >= 11 is 1.58. The molecule has 2 N–H and O–H groups in total. The summed E-state index contributed by atoms with van der Waals surface area (Å²) in [7, 11) is 1.88. The van der Waals surface area contributed by atoms with E-state index < -0.39 is 0 Å². The first-order valence-corrected chi connectivity index (χ1v) is 4.76. The molecule has 2 heterocycles. The average Bonchev–Trinajstić information content (AvgIpc) is 2.60. The molecule has 2 aromatic rings. The number of aryl methyl sites for hydroxylation is 2. The third-order valence-corrected chi connectivity index (χ3v) is 2.86. The van der Waals surface area contributed by atoms with Gasteiger partial charge in [0.2, 0.25) is 0 Å². The average molecular weight is 194 g/mol. The van der Waals surface area contributed by atoms with Crippen LogP contribution in [-0.2, 0) is 7.05 Å². The van der Waals surface area contributed by atoms with Crippen molar-refractivity contribution in [3.63, 3.8) is 0 Å². The Hall–Kier alpha value is -1.36. The molecule has 2 rings (SSSR count). The Bertz CT molecular complexity index is 410. The fourth-order valence-corrected chi connectivity index (χ4v) is 2.16. The first-order chi connectivity index (χ1) is 6.20. The standard InChI is InChI=1S/C8H10N4S/c1-5-8(13-4-10-5)7-6(9)3-11-12(7)2/h3-4H,9H2,1-2H3. The molecular weight excluding hydrogens is 184 g/mol. The van der Waals surface area contributed by atoms with Gasteiger partial charge < -0.3 is 5.73 Å². The largest absolute Gasteiger partial charge is 0.396 e. The summed E-state index contributed by atoms with van der Waals surface area (Å²) in [5.74, 6) is 0. The maximum atomic E-state index is 5.80. The fourth-order valence-electron chi connectivity index (χ4n) is 1.26. The summed E-state index contributed by atoms with van der Waals surface area (Å²) in [5.41, 5.74) is 10.3. The maximum Gasteiger partial charge on any atom is 0.103 e. The molecule has 0 aliphatic heterocycles. The quantitative estimate of drug-likeness (QED) is 0.747. The third kappa shape index (κ3) is 1.21. The zero-order valence-electron chi connectivity index (χ0n) is 7.48. The highest BCUT2D eigenvalue weighted by molar-refractivity contribution is 7.13. The second-order valence-electron chi connectivity index (χ2n) is 2.84. The van der Waals surface area contributed by atoms with Gasteiger partial charge >= 0.3 is 0 Å². The van der Waals surface area contributed by atoms with Gasteiger partial charge in [-0.05, 0) is 6.92 Å². The lowest BCUT2D eigenvalue weighted by Gasteiger charge is -2.00. The van der Waals surface area contributed by atoms with Crippen LogP contribution in [-0.4, -0.2) is 14.8 Å². The summed E-state index contributed by atoms with van der Waals surface area (Å²) in [4.78, 5) is 5.27. The summed E-state index contributed by atoms with van der Waals surface area (Å²) in [6.45, 7) is 1.97. The first kappa shape index (κ1) is 8.25. The second kappa shape index (κ2) is 2.85. The van der Waals surface area contributed by atoms with Crippen LogP contribution in [0.1, 0.15) is 5.69 Å². The van der Waals surface area contributed by atoms with Gasteiger partial charge in [-0.1, -0.05) is 0 Å². The van der Waals surface area contributed by atoms with E-state index in [9.17, 15) is 0 Å². The molecule has 0 saturated heterocycles. The van der Waals surface area contributed by atoms with Gasteiger partial charge in [-0.2, -0.15) is 5.10 Å². The van der Waals surface area contributed by atoms with Gasteiger partial charge in [-0.25, -0.2) is 4.98 Å². The van der Waals surface area contributed by atoms with Crippen LogP contribution in [0, 0.1) is 6.92 Å². The molecule has 4 nitrogen and oxygen atoms in total. The Morgan fingerprint density at radius 1 is 1.54 bits per heavy atom. The molecule has 0 saturated carbocycles. The van der Waals surface area contributed by atoms with Crippen LogP contribution >= 0.6 is 11.3 Å². The van der Waals surface area contributed by atoms with Crippen molar-refractivity contribution in [3.05, 3.63) is 17.4 Å². The van der Waals surface area contributed by atoms with Crippen molar-refractivity contribution in [3.8, 4) is 10.6 Å². The highest BCUT2D eigenvalue weighted by Gasteiger charge is 2.12. The molecule has 0 bridgehead atoms. The predicted molar refractivity (Wildman–Crippen MR) is 53.5 cm³/mol. The minimum atomic E-state index is 0.704. The van der Waals surface area contributed by atoms with Crippen molar-refractivity contribution < 1.29 is 0 Å². The van der Waals surface area contributed by atoms with Gasteiger partial charge in [0.25, 0.3) is 0 Å². The van der Waals surface area contributed by atoms with Crippen LogP contribution in [0.5, 0.6) is 0 Å². The highest BCUT2D eigenvalue weighted by atomic mass is 32.1. The van der Waals surface area contributed by atoms with Gasteiger partial charge in [0.15, 0.2) is 0 Å². The third-order valence-electron chi connectivity index (χ3n) is 1.93. The molecule has 0 aromatic carbocycles. The van der Waals surface area contributed by atoms with E-state index in [1.54, 1.807) is 22.2 Å². The predicted octanol–water partition coefficient (Wildman–Crippen LogP) is 1.43.